The number of hydrogen-bond acceptors (Lipinski definition) is 5. The minimum Gasteiger partial charge on any atom is -0.361 e. The summed E-state index contributed by atoms with van der Waals surface area (Å²) in [5, 5.41) is 0.513. The summed E-state index contributed by atoms with van der Waals surface area (Å²) in [6.45, 7) is 1.51. The maximum atomic E-state index is 13.4. The average Bonchev–Trinajstić information content (AvgIpc) is 3.15. The van der Waals surface area contributed by atoms with Gasteiger partial charge in [-0.3, -0.25) is 9.59 Å². The molecule has 0 N–H and O–H groups in total. The molecular weight excluding hydrogens is 471 g/mol. The Morgan fingerprint density at radius 2 is 1.85 bits per heavy atom. The molecule has 0 bridgehead atoms. The number of alkyl halides is 3. The van der Waals surface area contributed by atoms with Gasteiger partial charge in [0.15, 0.2) is 0 Å². The van der Waals surface area contributed by atoms with Crippen molar-refractivity contribution in [2.75, 3.05) is 63.2 Å². The van der Waals surface area contributed by atoms with E-state index >= 15 is 0 Å². The fourth-order valence-corrected chi connectivity index (χ4v) is 4.56. The van der Waals surface area contributed by atoms with Gasteiger partial charge < -0.3 is 19.6 Å². The Labute approximate surface area is 200 Å². The van der Waals surface area contributed by atoms with Crippen molar-refractivity contribution in [3.8, 4) is 0 Å². The molecular formula is C23H25ClF3N5O2. The molecule has 1 aromatic carbocycles. The minimum atomic E-state index is -4.50. The number of nitrogens with zero attached hydrogens (tertiary/aromatic N) is 5. The topological polar surface area (TPSA) is 60.0 Å². The Kier molecular flexibility index (Phi) is 6.62. The number of pyridine rings is 1. The summed E-state index contributed by atoms with van der Waals surface area (Å²) >= 11 is 6.17. The molecule has 1 fully saturated rings. The zero-order valence-electron chi connectivity index (χ0n) is 18.8. The number of carbonyl (C=O) groups is 2. The number of benzene rings is 1. The normalized spacial score (nSPS) is 18.2. The fourth-order valence-electron chi connectivity index (χ4n) is 4.40. The minimum absolute atomic E-state index is 0.0940. The van der Waals surface area contributed by atoms with Crippen molar-refractivity contribution in [2.24, 2.45) is 0 Å². The van der Waals surface area contributed by atoms with E-state index in [-0.39, 0.29) is 50.4 Å². The highest BCUT2D eigenvalue weighted by Gasteiger charge is 2.39. The molecule has 3 heterocycles. The van der Waals surface area contributed by atoms with Crippen molar-refractivity contribution in [1.29, 1.82) is 0 Å². The summed E-state index contributed by atoms with van der Waals surface area (Å²) in [6, 6.07) is 7.56. The van der Waals surface area contributed by atoms with E-state index in [0.29, 0.717) is 11.6 Å². The van der Waals surface area contributed by atoms with Gasteiger partial charge in [-0.25, -0.2) is 4.98 Å². The molecule has 0 saturated carbocycles. The van der Waals surface area contributed by atoms with E-state index in [4.69, 9.17) is 11.6 Å². The van der Waals surface area contributed by atoms with Gasteiger partial charge in [-0.1, -0.05) is 17.7 Å². The lowest BCUT2D eigenvalue weighted by atomic mass is 9.99. The van der Waals surface area contributed by atoms with Gasteiger partial charge in [-0.15, -0.1) is 0 Å². The summed E-state index contributed by atoms with van der Waals surface area (Å²) in [5.74, 6) is -0.797. The predicted octanol–water partition coefficient (Wildman–Crippen LogP) is 3.09. The molecule has 34 heavy (non-hydrogen) atoms. The quantitative estimate of drug-likeness (QED) is 0.652. The third-order valence-electron chi connectivity index (χ3n) is 6.22. The first-order valence-electron chi connectivity index (χ1n) is 10.9. The Balaban J connectivity index is 1.48. The average molecular weight is 496 g/mol. The van der Waals surface area contributed by atoms with Crippen LogP contribution in [-0.4, -0.2) is 80.0 Å². The van der Waals surface area contributed by atoms with Gasteiger partial charge >= 0.3 is 6.18 Å². The first-order chi connectivity index (χ1) is 16.1. The van der Waals surface area contributed by atoms with Gasteiger partial charge in [0.2, 0.25) is 11.8 Å². The standard InChI is InChI=1S/C23H25ClF3N5O2/c1-29(2)20(33)14-32-13-17(16-6-5-15(24)12-19(16)32)22(34)31-10-8-30(9-11-31)21-18(23(25,26)27)4-3-7-28-21/h3-7,12,17H,8-11,13-14H2,1-2H3. The molecule has 2 aliphatic heterocycles. The van der Waals surface area contributed by atoms with Gasteiger partial charge in [-0.2, -0.15) is 13.2 Å². The van der Waals surface area contributed by atoms with Crippen LogP contribution >= 0.6 is 11.6 Å². The third kappa shape index (κ3) is 4.77. The number of rotatable bonds is 4. The molecule has 0 radical (unpaired) electrons. The maximum absolute atomic E-state index is 13.4. The zero-order valence-corrected chi connectivity index (χ0v) is 19.6. The second-order valence-electron chi connectivity index (χ2n) is 8.61. The van der Waals surface area contributed by atoms with Crippen LogP contribution in [0.25, 0.3) is 0 Å². The van der Waals surface area contributed by atoms with Gasteiger partial charge in [0.05, 0.1) is 18.0 Å². The monoisotopic (exact) mass is 495 g/mol. The van der Waals surface area contributed by atoms with E-state index in [9.17, 15) is 22.8 Å². The number of anilines is 2. The molecule has 2 aromatic rings. The Bertz CT molecular complexity index is 1090. The highest BCUT2D eigenvalue weighted by Crippen LogP contribution is 2.39. The van der Waals surface area contributed by atoms with Crippen molar-refractivity contribution in [3.63, 3.8) is 0 Å². The van der Waals surface area contributed by atoms with Crippen molar-refractivity contribution in [2.45, 2.75) is 12.1 Å². The molecule has 182 valence electrons. The summed E-state index contributed by atoms with van der Waals surface area (Å²) in [5.41, 5.74) is 0.771. The molecule has 0 spiro atoms. The third-order valence-corrected chi connectivity index (χ3v) is 6.45. The molecule has 7 nitrogen and oxygen atoms in total. The molecule has 4 rings (SSSR count). The number of amides is 2. The van der Waals surface area contributed by atoms with E-state index in [2.05, 4.69) is 4.98 Å². The lowest BCUT2D eigenvalue weighted by molar-refractivity contribution is -0.137. The first kappa shape index (κ1) is 24.1. The Morgan fingerprint density at radius 1 is 1.15 bits per heavy atom. The van der Waals surface area contributed by atoms with E-state index < -0.39 is 17.7 Å². The van der Waals surface area contributed by atoms with Gasteiger partial charge in [0.25, 0.3) is 0 Å². The van der Waals surface area contributed by atoms with Crippen LogP contribution in [0.15, 0.2) is 36.5 Å². The number of carbonyl (C=O) groups excluding carboxylic acids is 2. The molecule has 11 heteroatoms. The summed E-state index contributed by atoms with van der Waals surface area (Å²) in [7, 11) is 3.34. The van der Waals surface area contributed by atoms with E-state index in [0.717, 1.165) is 17.3 Å². The number of likely N-dealkylation sites (N-methyl/N-ethyl adjacent to an activating group) is 1. The predicted molar refractivity (Wildman–Crippen MR) is 123 cm³/mol. The molecule has 1 atom stereocenters. The number of aromatic nitrogens is 1. The SMILES string of the molecule is CN(C)C(=O)CN1CC(C(=O)N2CCN(c3ncccc3C(F)(F)F)CC2)c2ccc(Cl)cc21. The van der Waals surface area contributed by atoms with Crippen LogP contribution in [0, 0.1) is 0 Å². The lowest BCUT2D eigenvalue weighted by Crippen LogP contribution is -2.51. The second-order valence-corrected chi connectivity index (χ2v) is 9.05. The van der Waals surface area contributed by atoms with Crippen LogP contribution in [0.2, 0.25) is 5.02 Å². The van der Waals surface area contributed by atoms with Crippen LogP contribution in [0.1, 0.15) is 17.0 Å². The van der Waals surface area contributed by atoms with Gasteiger partial charge in [-0.05, 0) is 29.8 Å². The highest BCUT2D eigenvalue weighted by molar-refractivity contribution is 6.31. The Morgan fingerprint density at radius 3 is 2.50 bits per heavy atom. The molecule has 1 saturated heterocycles. The van der Waals surface area contributed by atoms with E-state index in [1.807, 2.05) is 4.90 Å². The van der Waals surface area contributed by atoms with Crippen LogP contribution in [-0.2, 0) is 15.8 Å². The summed E-state index contributed by atoms with van der Waals surface area (Å²) in [4.78, 5) is 36.3. The van der Waals surface area contributed by atoms with Crippen molar-refractivity contribution < 1.29 is 22.8 Å². The second kappa shape index (κ2) is 9.32. The molecule has 2 aliphatic rings. The van der Waals surface area contributed by atoms with Gasteiger partial charge in [0.1, 0.15) is 5.82 Å². The summed E-state index contributed by atoms with van der Waals surface area (Å²) in [6.07, 6.45) is -3.16. The molecule has 0 aliphatic carbocycles. The first-order valence-corrected chi connectivity index (χ1v) is 11.2. The number of piperazine rings is 1. The molecule has 1 aromatic heterocycles. The highest BCUT2D eigenvalue weighted by atomic mass is 35.5. The number of fused-ring (bicyclic) bond motifs is 1. The van der Waals surface area contributed by atoms with Crippen molar-refractivity contribution in [1.82, 2.24) is 14.8 Å². The van der Waals surface area contributed by atoms with Crippen LogP contribution in [0.5, 0.6) is 0 Å². The van der Waals surface area contributed by atoms with Crippen molar-refractivity contribution in [3.05, 3.63) is 52.7 Å². The smallest absolute Gasteiger partial charge is 0.361 e. The van der Waals surface area contributed by atoms with Crippen LogP contribution < -0.4 is 9.80 Å². The fraction of sp³-hybridized carbons (Fsp3) is 0.435. The van der Waals surface area contributed by atoms with Crippen molar-refractivity contribution >= 4 is 34.9 Å². The summed E-state index contributed by atoms with van der Waals surface area (Å²) < 4.78 is 40.2. The molecule has 2 amide bonds. The lowest BCUT2D eigenvalue weighted by Gasteiger charge is -2.37. The zero-order chi connectivity index (χ0) is 24.6. The van der Waals surface area contributed by atoms with Gasteiger partial charge in [0, 0.05) is 63.7 Å². The van der Waals surface area contributed by atoms with Crippen LogP contribution in [0.3, 0.4) is 0 Å². The van der Waals surface area contributed by atoms with Crippen LogP contribution in [0.4, 0.5) is 24.7 Å². The largest absolute Gasteiger partial charge is 0.419 e. The number of hydrogen-bond donors (Lipinski definition) is 0. The van der Waals surface area contributed by atoms with E-state index in [1.165, 1.54) is 17.2 Å². The van der Waals surface area contributed by atoms with E-state index in [1.54, 1.807) is 42.1 Å². The maximum Gasteiger partial charge on any atom is 0.419 e. The molecule has 1 unspecified atom stereocenters. The Hall–Kier alpha value is -3.01. The number of halogens is 4.